The number of halogens is 2. The maximum absolute atomic E-state index is 14.0. The van der Waals surface area contributed by atoms with E-state index in [4.69, 9.17) is 17.3 Å². The topological polar surface area (TPSA) is 26.0 Å². The van der Waals surface area contributed by atoms with Gasteiger partial charge in [-0.05, 0) is 47.0 Å². The Labute approximate surface area is 128 Å². The molecule has 0 amide bonds. The van der Waals surface area contributed by atoms with Gasteiger partial charge in [-0.25, -0.2) is 4.39 Å². The molecule has 3 aromatic carbocycles. The summed E-state index contributed by atoms with van der Waals surface area (Å²) in [6.07, 6.45) is 0. The lowest BCUT2D eigenvalue weighted by molar-refractivity contribution is 0.600. The monoisotopic (exact) mass is 299 g/mol. The van der Waals surface area contributed by atoms with Crippen LogP contribution in [0.25, 0.3) is 10.8 Å². The molecule has 0 saturated heterocycles. The molecular weight excluding hydrogens is 285 g/mol. The Morgan fingerprint density at radius 2 is 1.67 bits per heavy atom. The zero-order valence-electron chi connectivity index (χ0n) is 11.6. The summed E-state index contributed by atoms with van der Waals surface area (Å²) in [5, 5.41) is 2.66. The molecule has 1 unspecified atom stereocenters. The van der Waals surface area contributed by atoms with Gasteiger partial charge in [0.15, 0.2) is 0 Å². The second-order valence-electron chi connectivity index (χ2n) is 5.16. The molecule has 2 N–H and O–H groups in total. The van der Waals surface area contributed by atoms with E-state index in [1.165, 1.54) is 17.7 Å². The Morgan fingerprint density at radius 1 is 0.952 bits per heavy atom. The van der Waals surface area contributed by atoms with Crippen LogP contribution in [0.5, 0.6) is 0 Å². The molecule has 0 aliphatic carbocycles. The Morgan fingerprint density at radius 3 is 2.43 bits per heavy atom. The minimum absolute atomic E-state index is 0.337. The van der Waals surface area contributed by atoms with Crippen molar-refractivity contribution in [2.24, 2.45) is 5.73 Å². The maximum atomic E-state index is 14.0. The van der Waals surface area contributed by atoms with Crippen LogP contribution in [-0.4, -0.2) is 0 Å². The first kappa shape index (κ1) is 14.1. The second kappa shape index (κ2) is 5.47. The zero-order chi connectivity index (χ0) is 15.0. The highest BCUT2D eigenvalue weighted by molar-refractivity contribution is 6.30. The van der Waals surface area contributed by atoms with E-state index in [1.807, 2.05) is 30.3 Å². The summed E-state index contributed by atoms with van der Waals surface area (Å²) >= 11 is 5.97. The summed E-state index contributed by atoms with van der Waals surface area (Å²) in [5.41, 5.74) is 8.79. The minimum atomic E-state index is -0.547. The van der Waals surface area contributed by atoms with Crippen molar-refractivity contribution >= 4 is 22.4 Å². The van der Waals surface area contributed by atoms with Gasteiger partial charge in [-0.2, -0.15) is 0 Å². The van der Waals surface area contributed by atoms with E-state index in [9.17, 15) is 4.39 Å². The van der Waals surface area contributed by atoms with E-state index >= 15 is 0 Å². The molecule has 0 aromatic heterocycles. The van der Waals surface area contributed by atoms with E-state index < -0.39 is 6.04 Å². The van der Waals surface area contributed by atoms with E-state index in [0.717, 1.165) is 16.3 Å². The van der Waals surface area contributed by atoms with Crippen LogP contribution in [0.15, 0.2) is 54.6 Å². The molecule has 0 saturated carbocycles. The molecule has 0 fully saturated rings. The van der Waals surface area contributed by atoms with E-state index in [-0.39, 0.29) is 5.82 Å². The van der Waals surface area contributed by atoms with Crippen LogP contribution in [-0.2, 0) is 0 Å². The number of hydrogen-bond donors (Lipinski definition) is 1. The number of aryl methyl sites for hydroxylation is 1. The van der Waals surface area contributed by atoms with Crippen LogP contribution >= 0.6 is 11.6 Å². The molecule has 1 atom stereocenters. The molecule has 106 valence electrons. The molecule has 21 heavy (non-hydrogen) atoms. The van der Waals surface area contributed by atoms with Crippen molar-refractivity contribution in [1.29, 1.82) is 0 Å². The van der Waals surface area contributed by atoms with Gasteiger partial charge in [-0.15, -0.1) is 0 Å². The Bertz CT molecular complexity index is 813. The van der Waals surface area contributed by atoms with Crippen LogP contribution in [0.2, 0.25) is 5.02 Å². The number of hydrogen-bond acceptors (Lipinski definition) is 1. The van der Waals surface area contributed by atoms with E-state index in [1.54, 1.807) is 6.07 Å². The van der Waals surface area contributed by atoms with Crippen LogP contribution in [0.3, 0.4) is 0 Å². The number of rotatable bonds is 2. The van der Waals surface area contributed by atoms with Gasteiger partial charge in [0.25, 0.3) is 0 Å². The number of fused-ring (bicyclic) bond motifs is 1. The Hall–Kier alpha value is -1.90. The first-order valence-electron chi connectivity index (χ1n) is 6.76. The van der Waals surface area contributed by atoms with Crippen LogP contribution in [0.1, 0.15) is 22.7 Å². The van der Waals surface area contributed by atoms with Crippen molar-refractivity contribution in [2.75, 3.05) is 0 Å². The van der Waals surface area contributed by atoms with Crippen molar-refractivity contribution in [3.05, 3.63) is 82.1 Å². The van der Waals surface area contributed by atoms with Gasteiger partial charge >= 0.3 is 0 Å². The lowest BCUT2D eigenvalue weighted by Gasteiger charge is -2.17. The highest BCUT2D eigenvalue weighted by Crippen LogP contribution is 2.31. The van der Waals surface area contributed by atoms with Crippen molar-refractivity contribution in [2.45, 2.75) is 13.0 Å². The van der Waals surface area contributed by atoms with Gasteiger partial charge in [0.1, 0.15) is 5.82 Å². The molecule has 3 aromatic rings. The highest BCUT2D eigenvalue weighted by Gasteiger charge is 2.17. The molecule has 0 heterocycles. The van der Waals surface area contributed by atoms with Crippen molar-refractivity contribution < 1.29 is 4.39 Å². The van der Waals surface area contributed by atoms with Gasteiger partial charge in [-0.3, -0.25) is 0 Å². The predicted octanol–water partition coefficient (Wildman–Crippen LogP) is 4.99. The molecule has 1 nitrogen and oxygen atoms in total. The average Bonchev–Trinajstić information content (AvgIpc) is 2.50. The van der Waals surface area contributed by atoms with E-state index in [2.05, 4.69) is 13.0 Å². The van der Waals surface area contributed by atoms with Crippen LogP contribution in [0.4, 0.5) is 4.39 Å². The third-order valence-electron chi connectivity index (χ3n) is 3.80. The summed E-state index contributed by atoms with van der Waals surface area (Å²) in [4.78, 5) is 0. The standard InChI is InChI=1S/C18H15ClFN/c1-11-6-8-15(14-5-3-2-4-13(11)14)18(21)16-10-12(19)7-9-17(16)20/h2-10,18H,21H2,1H3. The first-order chi connectivity index (χ1) is 10.1. The fourth-order valence-electron chi connectivity index (χ4n) is 2.66. The Balaban J connectivity index is 2.20. The van der Waals surface area contributed by atoms with E-state index in [0.29, 0.717) is 10.6 Å². The molecule has 0 radical (unpaired) electrons. The average molecular weight is 300 g/mol. The lowest BCUT2D eigenvalue weighted by atomic mass is 9.92. The maximum Gasteiger partial charge on any atom is 0.128 e. The molecule has 0 bridgehead atoms. The fraction of sp³-hybridized carbons (Fsp3) is 0.111. The van der Waals surface area contributed by atoms with Gasteiger partial charge in [0.05, 0.1) is 6.04 Å². The predicted molar refractivity (Wildman–Crippen MR) is 86.1 cm³/mol. The van der Waals surface area contributed by atoms with Crippen molar-refractivity contribution in [3.8, 4) is 0 Å². The normalized spacial score (nSPS) is 12.6. The molecule has 3 rings (SSSR count). The summed E-state index contributed by atoms with van der Waals surface area (Å²) in [6.45, 7) is 2.05. The number of benzene rings is 3. The molecule has 0 spiro atoms. The third-order valence-corrected chi connectivity index (χ3v) is 4.04. The highest BCUT2D eigenvalue weighted by atomic mass is 35.5. The molecule has 0 aliphatic heterocycles. The van der Waals surface area contributed by atoms with Gasteiger partial charge < -0.3 is 5.73 Å². The van der Waals surface area contributed by atoms with Gasteiger partial charge in [0.2, 0.25) is 0 Å². The van der Waals surface area contributed by atoms with Crippen molar-refractivity contribution in [1.82, 2.24) is 0 Å². The zero-order valence-corrected chi connectivity index (χ0v) is 12.4. The summed E-state index contributed by atoms with van der Waals surface area (Å²) < 4.78 is 14.0. The summed E-state index contributed by atoms with van der Waals surface area (Å²) in [6, 6.07) is 15.9. The molecular formula is C18H15ClFN. The lowest BCUT2D eigenvalue weighted by Crippen LogP contribution is -2.14. The van der Waals surface area contributed by atoms with Crippen LogP contribution < -0.4 is 5.73 Å². The van der Waals surface area contributed by atoms with Gasteiger partial charge in [-0.1, -0.05) is 48.0 Å². The summed E-state index contributed by atoms with van der Waals surface area (Å²) in [7, 11) is 0. The largest absolute Gasteiger partial charge is 0.320 e. The minimum Gasteiger partial charge on any atom is -0.320 e. The Kier molecular flexibility index (Phi) is 3.66. The van der Waals surface area contributed by atoms with Crippen LogP contribution in [0, 0.1) is 12.7 Å². The SMILES string of the molecule is Cc1ccc(C(N)c2cc(Cl)ccc2F)c2ccccc12. The summed E-state index contributed by atoms with van der Waals surface area (Å²) in [5.74, 6) is -0.337. The van der Waals surface area contributed by atoms with Crippen molar-refractivity contribution in [3.63, 3.8) is 0 Å². The second-order valence-corrected chi connectivity index (χ2v) is 5.60. The number of nitrogens with two attached hydrogens (primary N) is 1. The smallest absolute Gasteiger partial charge is 0.128 e. The third kappa shape index (κ3) is 2.53. The molecule has 0 aliphatic rings. The first-order valence-corrected chi connectivity index (χ1v) is 7.14. The van der Waals surface area contributed by atoms with Gasteiger partial charge in [0, 0.05) is 10.6 Å². The quantitative estimate of drug-likeness (QED) is 0.709. The molecule has 3 heteroatoms. The fourth-order valence-corrected chi connectivity index (χ4v) is 2.85.